The van der Waals surface area contributed by atoms with Crippen LogP contribution in [0.5, 0.6) is 0 Å². The zero-order chi connectivity index (χ0) is 19.6. The van der Waals surface area contributed by atoms with Crippen LogP contribution in [0.4, 0.5) is 21.0 Å². The third kappa shape index (κ3) is 6.06. The second kappa shape index (κ2) is 7.08. The highest BCUT2D eigenvalue weighted by Crippen LogP contribution is 2.31. The van der Waals surface area contributed by atoms with E-state index < -0.39 is 34.0 Å². The summed E-state index contributed by atoms with van der Waals surface area (Å²) >= 11 is 0. The average molecular weight is 352 g/mol. The maximum absolute atomic E-state index is 12.5. The van der Waals surface area contributed by atoms with Gasteiger partial charge >= 0.3 is 12.2 Å². The highest BCUT2D eigenvalue weighted by molar-refractivity contribution is 6.11. The number of nitrogens with zero attached hydrogens (tertiary/aromatic N) is 2. The monoisotopic (exact) mass is 352 g/mol. The maximum atomic E-state index is 12.5. The molecule has 25 heavy (non-hydrogen) atoms. The van der Waals surface area contributed by atoms with Crippen molar-refractivity contribution in [2.75, 3.05) is 4.90 Å². The Bertz CT molecular complexity index is 657. The van der Waals surface area contributed by atoms with Crippen molar-refractivity contribution in [2.24, 2.45) is 0 Å². The molecule has 2 amide bonds. The van der Waals surface area contributed by atoms with Crippen molar-refractivity contribution in [3.8, 4) is 0 Å². The van der Waals surface area contributed by atoms with E-state index in [0.717, 1.165) is 0 Å². The van der Waals surface area contributed by atoms with Gasteiger partial charge in [0.15, 0.2) is 0 Å². The van der Waals surface area contributed by atoms with Crippen molar-refractivity contribution in [3.05, 3.63) is 33.9 Å². The third-order valence-electron chi connectivity index (χ3n) is 2.72. The van der Waals surface area contributed by atoms with Gasteiger partial charge in [-0.2, -0.15) is 4.90 Å². The van der Waals surface area contributed by atoms with Crippen molar-refractivity contribution in [1.82, 2.24) is 0 Å². The number of rotatable bonds is 2. The Kier molecular flexibility index (Phi) is 5.78. The second-order valence-corrected chi connectivity index (χ2v) is 7.55. The van der Waals surface area contributed by atoms with Gasteiger partial charge in [-0.25, -0.2) is 9.59 Å². The van der Waals surface area contributed by atoms with Gasteiger partial charge in [0, 0.05) is 6.07 Å². The van der Waals surface area contributed by atoms with Crippen LogP contribution in [0.25, 0.3) is 0 Å². The molecular formula is C17H24N2O6. The van der Waals surface area contributed by atoms with E-state index in [-0.39, 0.29) is 5.69 Å². The zero-order valence-electron chi connectivity index (χ0n) is 15.6. The van der Waals surface area contributed by atoms with Crippen LogP contribution in [0, 0.1) is 17.0 Å². The van der Waals surface area contributed by atoms with Crippen molar-refractivity contribution < 1.29 is 24.0 Å². The Morgan fingerprint density at radius 3 is 1.80 bits per heavy atom. The molecule has 0 saturated heterocycles. The van der Waals surface area contributed by atoms with E-state index in [4.69, 9.17) is 9.47 Å². The molecule has 0 spiro atoms. The van der Waals surface area contributed by atoms with Gasteiger partial charge in [0.1, 0.15) is 16.9 Å². The van der Waals surface area contributed by atoms with Crippen molar-refractivity contribution in [1.29, 1.82) is 0 Å². The Morgan fingerprint density at radius 1 is 1.00 bits per heavy atom. The van der Waals surface area contributed by atoms with E-state index >= 15 is 0 Å². The molecule has 0 atom stereocenters. The lowest BCUT2D eigenvalue weighted by molar-refractivity contribution is -0.384. The number of carbonyl (C=O) groups is 2. The number of aryl methyl sites for hydroxylation is 1. The van der Waals surface area contributed by atoms with Gasteiger partial charge < -0.3 is 9.47 Å². The quantitative estimate of drug-likeness (QED) is 0.570. The van der Waals surface area contributed by atoms with E-state index in [1.54, 1.807) is 54.5 Å². The highest BCUT2D eigenvalue weighted by atomic mass is 16.6. The van der Waals surface area contributed by atoms with Gasteiger partial charge in [-0.1, -0.05) is 6.07 Å². The fraction of sp³-hybridized carbons (Fsp3) is 0.529. The topological polar surface area (TPSA) is 99.0 Å². The molecule has 0 radical (unpaired) electrons. The molecule has 1 aromatic carbocycles. The number of anilines is 1. The van der Waals surface area contributed by atoms with Crippen LogP contribution in [0.15, 0.2) is 18.2 Å². The van der Waals surface area contributed by atoms with E-state index in [1.165, 1.54) is 12.1 Å². The molecule has 1 rings (SSSR count). The fourth-order valence-corrected chi connectivity index (χ4v) is 1.86. The molecule has 0 bridgehead atoms. The Balaban J connectivity index is 3.44. The van der Waals surface area contributed by atoms with Gasteiger partial charge in [-0.3, -0.25) is 10.1 Å². The predicted octanol–water partition coefficient (Wildman–Crippen LogP) is 4.58. The van der Waals surface area contributed by atoms with Crippen LogP contribution in [0.2, 0.25) is 0 Å². The summed E-state index contributed by atoms with van der Waals surface area (Å²) < 4.78 is 10.4. The molecule has 0 N–H and O–H groups in total. The largest absolute Gasteiger partial charge is 0.443 e. The summed E-state index contributed by atoms with van der Waals surface area (Å²) in [5.41, 5.74) is -1.77. The first kappa shape index (κ1) is 20.4. The minimum Gasteiger partial charge on any atom is -0.443 e. The number of hydrogen-bond acceptors (Lipinski definition) is 6. The minimum absolute atomic E-state index is 0.209. The lowest BCUT2D eigenvalue weighted by Crippen LogP contribution is -2.44. The summed E-state index contributed by atoms with van der Waals surface area (Å²) in [6.07, 6.45) is -2.09. The van der Waals surface area contributed by atoms with Crippen molar-refractivity contribution in [2.45, 2.75) is 59.7 Å². The third-order valence-corrected chi connectivity index (χ3v) is 2.72. The first-order valence-corrected chi connectivity index (χ1v) is 7.72. The van der Waals surface area contributed by atoms with Gasteiger partial charge in [-0.05, 0) is 60.1 Å². The molecule has 0 aromatic heterocycles. The number of nitro groups is 1. The molecule has 0 heterocycles. The second-order valence-electron chi connectivity index (χ2n) is 7.55. The van der Waals surface area contributed by atoms with Crippen LogP contribution in [0.1, 0.15) is 47.1 Å². The van der Waals surface area contributed by atoms with Crippen LogP contribution >= 0.6 is 0 Å². The molecule has 0 fully saturated rings. The first-order chi connectivity index (χ1) is 11.2. The van der Waals surface area contributed by atoms with Crippen molar-refractivity contribution in [3.63, 3.8) is 0 Å². The standard InChI is InChI=1S/C17H24N2O6/c1-11-8-9-12(13(10-11)19(22)23)18(14(20)24-16(2,3)4)15(21)25-17(5,6)7/h8-10H,1-7H3. The normalized spacial score (nSPS) is 11.6. The predicted molar refractivity (Wildman–Crippen MR) is 92.8 cm³/mol. The molecular weight excluding hydrogens is 328 g/mol. The summed E-state index contributed by atoms with van der Waals surface area (Å²) in [6.45, 7) is 11.4. The highest BCUT2D eigenvalue weighted by Gasteiger charge is 2.36. The smallest absolute Gasteiger partial charge is 0.424 e. The number of ether oxygens (including phenoxy) is 2. The number of carbonyl (C=O) groups excluding carboxylic acids is 2. The van der Waals surface area contributed by atoms with Crippen LogP contribution in [-0.2, 0) is 9.47 Å². The molecule has 8 heteroatoms. The zero-order valence-corrected chi connectivity index (χ0v) is 15.6. The van der Waals surface area contributed by atoms with Crippen LogP contribution in [0.3, 0.4) is 0 Å². The number of hydrogen-bond donors (Lipinski definition) is 0. The van der Waals surface area contributed by atoms with Gasteiger partial charge in [0.25, 0.3) is 5.69 Å². The molecule has 1 aromatic rings. The summed E-state index contributed by atoms with van der Waals surface area (Å²) in [7, 11) is 0. The van der Waals surface area contributed by atoms with Gasteiger partial charge in [-0.15, -0.1) is 0 Å². The number of benzene rings is 1. The van der Waals surface area contributed by atoms with Crippen LogP contribution in [-0.4, -0.2) is 28.3 Å². The Labute approximate surface area is 146 Å². The number of nitro benzene ring substituents is 1. The molecule has 0 saturated carbocycles. The van der Waals surface area contributed by atoms with E-state index in [9.17, 15) is 19.7 Å². The molecule has 0 aliphatic heterocycles. The summed E-state index contributed by atoms with van der Waals surface area (Å²) in [6, 6.07) is 4.16. The summed E-state index contributed by atoms with van der Waals surface area (Å²) in [5, 5.41) is 11.4. The average Bonchev–Trinajstić information content (AvgIpc) is 2.36. The molecule has 0 unspecified atom stereocenters. The van der Waals surface area contributed by atoms with Gasteiger partial charge in [0.05, 0.1) is 4.92 Å². The Morgan fingerprint density at radius 2 is 1.44 bits per heavy atom. The maximum Gasteiger partial charge on any atom is 0.424 e. The SMILES string of the molecule is Cc1ccc(N(C(=O)OC(C)(C)C)C(=O)OC(C)(C)C)c([N+](=O)[O-])c1. The van der Waals surface area contributed by atoms with E-state index in [2.05, 4.69) is 0 Å². The number of imide groups is 1. The van der Waals surface area contributed by atoms with Crippen molar-refractivity contribution >= 4 is 23.6 Å². The van der Waals surface area contributed by atoms with E-state index in [1.807, 2.05) is 0 Å². The van der Waals surface area contributed by atoms with Crippen LogP contribution < -0.4 is 4.90 Å². The molecule has 0 aliphatic carbocycles. The molecule has 138 valence electrons. The minimum atomic E-state index is -1.05. The molecule has 0 aliphatic rings. The first-order valence-electron chi connectivity index (χ1n) is 7.72. The lowest BCUT2D eigenvalue weighted by atomic mass is 10.1. The van der Waals surface area contributed by atoms with Gasteiger partial charge in [0.2, 0.25) is 0 Å². The summed E-state index contributed by atoms with van der Waals surface area (Å²) in [5.74, 6) is 0. The van der Waals surface area contributed by atoms with E-state index in [0.29, 0.717) is 10.5 Å². The lowest BCUT2D eigenvalue weighted by Gasteiger charge is -2.28. The Hall–Kier alpha value is -2.64. The fourth-order valence-electron chi connectivity index (χ4n) is 1.86. The molecule has 8 nitrogen and oxygen atoms in total. The number of amides is 2. The summed E-state index contributed by atoms with van der Waals surface area (Å²) in [4.78, 5) is 36.3.